The van der Waals surface area contributed by atoms with Crippen molar-refractivity contribution in [3.8, 4) is 5.75 Å². The number of hydrogen-bond acceptors (Lipinski definition) is 4. The van der Waals surface area contributed by atoms with Crippen LogP contribution in [0.25, 0.3) is 0 Å². The van der Waals surface area contributed by atoms with Crippen molar-refractivity contribution in [2.75, 3.05) is 36.5 Å². The molecule has 0 spiro atoms. The molecule has 1 N–H and O–H groups in total. The maximum atomic E-state index is 12.4. The number of para-hydroxylation sites is 1. The quantitative estimate of drug-likeness (QED) is 0.541. The molecule has 0 unspecified atom stereocenters. The fourth-order valence-corrected chi connectivity index (χ4v) is 4.66. The van der Waals surface area contributed by atoms with Crippen LogP contribution in [0.1, 0.15) is 16.7 Å². The molecule has 3 aromatic rings. The molecule has 1 aliphatic rings. The first kappa shape index (κ1) is 22.9. The minimum Gasteiger partial charge on any atom is -0.483 e. The van der Waals surface area contributed by atoms with Gasteiger partial charge in [0.2, 0.25) is 5.91 Å². The second-order valence-corrected chi connectivity index (χ2v) is 9.20. The Bertz CT molecular complexity index is 1060. The highest BCUT2D eigenvalue weighted by Crippen LogP contribution is 2.21. The lowest BCUT2D eigenvalue weighted by molar-refractivity contribution is -0.130. The first-order valence-electron chi connectivity index (χ1n) is 11.2. The summed E-state index contributed by atoms with van der Waals surface area (Å²) < 4.78 is 5.82. The van der Waals surface area contributed by atoms with Gasteiger partial charge in [0.25, 0.3) is 5.91 Å². The van der Waals surface area contributed by atoms with Crippen LogP contribution >= 0.6 is 11.8 Å². The van der Waals surface area contributed by atoms with Gasteiger partial charge in [-0.15, -0.1) is 0 Å². The first-order valence-corrected chi connectivity index (χ1v) is 12.3. The number of nitrogens with zero attached hydrogens (tertiary/aromatic N) is 1. The van der Waals surface area contributed by atoms with Crippen molar-refractivity contribution in [1.82, 2.24) is 4.90 Å². The predicted octanol–water partition coefficient (Wildman–Crippen LogP) is 4.41. The SMILES string of the molecule is O=C(COc1ccccc1Cc1ccccc1)Nc1ccc(CC(=O)N2CCSCC2)cc1. The summed E-state index contributed by atoms with van der Waals surface area (Å²) in [5, 5.41) is 2.86. The largest absolute Gasteiger partial charge is 0.483 e. The Morgan fingerprint density at radius 3 is 2.30 bits per heavy atom. The minimum atomic E-state index is -0.223. The summed E-state index contributed by atoms with van der Waals surface area (Å²) in [5.41, 5.74) is 3.86. The second-order valence-electron chi connectivity index (χ2n) is 7.97. The fourth-order valence-electron chi connectivity index (χ4n) is 3.75. The number of thioether (sulfide) groups is 1. The summed E-state index contributed by atoms with van der Waals surface area (Å²) in [6.45, 7) is 1.58. The predicted molar refractivity (Wildman–Crippen MR) is 134 cm³/mol. The highest BCUT2D eigenvalue weighted by atomic mass is 32.2. The zero-order chi connectivity index (χ0) is 22.9. The highest BCUT2D eigenvalue weighted by Gasteiger charge is 2.17. The van der Waals surface area contributed by atoms with Crippen LogP contribution < -0.4 is 10.1 Å². The molecule has 170 valence electrons. The number of amides is 2. The summed E-state index contributed by atoms with van der Waals surface area (Å²) in [6, 6.07) is 25.4. The fraction of sp³-hybridized carbons (Fsp3) is 0.259. The van der Waals surface area contributed by atoms with Crippen molar-refractivity contribution in [2.45, 2.75) is 12.8 Å². The Labute approximate surface area is 199 Å². The molecule has 1 heterocycles. The Kier molecular flexibility index (Phi) is 8.04. The molecule has 1 aliphatic heterocycles. The number of carbonyl (C=O) groups excluding carboxylic acids is 2. The molecule has 0 atom stereocenters. The Balaban J connectivity index is 1.27. The molecule has 4 rings (SSSR count). The highest BCUT2D eigenvalue weighted by molar-refractivity contribution is 7.99. The molecule has 0 saturated carbocycles. The summed E-state index contributed by atoms with van der Waals surface area (Å²) >= 11 is 1.89. The number of benzene rings is 3. The van der Waals surface area contributed by atoms with Gasteiger partial charge >= 0.3 is 0 Å². The lowest BCUT2D eigenvalue weighted by Crippen LogP contribution is -2.38. The van der Waals surface area contributed by atoms with E-state index in [1.165, 1.54) is 5.56 Å². The first-order chi connectivity index (χ1) is 16.2. The van der Waals surface area contributed by atoms with Gasteiger partial charge in [0, 0.05) is 36.7 Å². The summed E-state index contributed by atoms with van der Waals surface area (Å²) in [4.78, 5) is 26.8. The topological polar surface area (TPSA) is 58.6 Å². The molecule has 6 heteroatoms. The molecule has 5 nitrogen and oxygen atoms in total. The number of nitrogens with one attached hydrogen (secondary N) is 1. The van der Waals surface area contributed by atoms with Gasteiger partial charge in [-0.3, -0.25) is 9.59 Å². The van der Waals surface area contributed by atoms with E-state index in [0.717, 1.165) is 42.1 Å². The van der Waals surface area contributed by atoms with Crippen LogP contribution in [0.4, 0.5) is 5.69 Å². The van der Waals surface area contributed by atoms with E-state index in [0.29, 0.717) is 17.9 Å². The van der Waals surface area contributed by atoms with Crippen LogP contribution in [0.5, 0.6) is 5.75 Å². The van der Waals surface area contributed by atoms with Gasteiger partial charge < -0.3 is 15.0 Å². The van der Waals surface area contributed by atoms with Crippen LogP contribution in [0.15, 0.2) is 78.9 Å². The molecule has 1 saturated heterocycles. The van der Waals surface area contributed by atoms with Crippen LogP contribution in [0, 0.1) is 0 Å². The van der Waals surface area contributed by atoms with Crippen molar-refractivity contribution < 1.29 is 14.3 Å². The normalized spacial score (nSPS) is 13.4. The molecule has 3 aromatic carbocycles. The monoisotopic (exact) mass is 460 g/mol. The van der Waals surface area contributed by atoms with Gasteiger partial charge in [0.15, 0.2) is 6.61 Å². The van der Waals surface area contributed by atoms with E-state index < -0.39 is 0 Å². The molecule has 0 bridgehead atoms. The van der Waals surface area contributed by atoms with E-state index in [-0.39, 0.29) is 18.4 Å². The van der Waals surface area contributed by atoms with Crippen LogP contribution in [0.2, 0.25) is 0 Å². The molecule has 0 aliphatic carbocycles. The Morgan fingerprint density at radius 2 is 1.55 bits per heavy atom. The number of carbonyl (C=O) groups is 2. The summed E-state index contributed by atoms with van der Waals surface area (Å²) in [5.74, 6) is 2.67. The Hall–Kier alpha value is -3.25. The van der Waals surface area contributed by atoms with Crippen LogP contribution in [0.3, 0.4) is 0 Å². The van der Waals surface area contributed by atoms with Gasteiger partial charge in [-0.25, -0.2) is 0 Å². The van der Waals surface area contributed by atoms with Gasteiger partial charge in [-0.05, 0) is 34.9 Å². The zero-order valence-corrected chi connectivity index (χ0v) is 19.4. The molecule has 1 fully saturated rings. The third-order valence-corrected chi connectivity index (χ3v) is 6.47. The van der Waals surface area contributed by atoms with Crippen molar-refractivity contribution >= 4 is 29.3 Å². The van der Waals surface area contributed by atoms with E-state index in [1.54, 1.807) is 0 Å². The van der Waals surface area contributed by atoms with E-state index in [2.05, 4.69) is 17.4 Å². The molecular formula is C27H28N2O3S. The Morgan fingerprint density at radius 1 is 0.848 bits per heavy atom. The van der Waals surface area contributed by atoms with Crippen molar-refractivity contribution in [3.05, 3.63) is 95.6 Å². The zero-order valence-electron chi connectivity index (χ0n) is 18.5. The van der Waals surface area contributed by atoms with Gasteiger partial charge in [0.1, 0.15) is 5.75 Å². The molecule has 0 aromatic heterocycles. The van der Waals surface area contributed by atoms with Crippen molar-refractivity contribution in [1.29, 1.82) is 0 Å². The average molecular weight is 461 g/mol. The number of ether oxygens (including phenoxy) is 1. The van der Waals surface area contributed by atoms with E-state index >= 15 is 0 Å². The van der Waals surface area contributed by atoms with Crippen molar-refractivity contribution in [3.63, 3.8) is 0 Å². The third-order valence-electron chi connectivity index (χ3n) is 5.53. The van der Waals surface area contributed by atoms with E-state index in [4.69, 9.17) is 4.74 Å². The molecule has 33 heavy (non-hydrogen) atoms. The summed E-state index contributed by atoms with van der Waals surface area (Å²) in [6.07, 6.45) is 1.13. The van der Waals surface area contributed by atoms with Crippen LogP contribution in [-0.2, 0) is 22.4 Å². The lowest BCUT2D eigenvalue weighted by atomic mass is 10.0. The van der Waals surface area contributed by atoms with Crippen LogP contribution in [-0.4, -0.2) is 47.9 Å². The van der Waals surface area contributed by atoms with Crippen molar-refractivity contribution in [2.24, 2.45) is 0 Å². The molecule has 2 amide bonds. The van der Waals surface area contributed by atoms with Gasteiger partial charge in [0.05, 0.1) is 6.42 Å². The number of hydrogen-bond donors (Lipinski definition) is 1. The maximum Gasteiger partial charge on any atom is 0.262 e. The second kappa shape index (κ2) is 11.6. The lowest BCUT2D eigenvalue weighted by Gasteiger charge is -2.26. The standard InChI is InChI=1S/C27H28N2O3S/c30-26(20-32-25-9-5-4-8-23(25)18-21-6-2-1-3-7-21)28-24-12-10-22(11-13-24)19-27(31)29-14-16-33-17-15-29/h1-13H,14-20H2,(H,28,30). The van der Waals surface area contributed by atoms with Gasteiger partial charge in [-0.1, -0.05) is 60.7 Å². The van der Waals surface area contributed by atoms with E-state index in [9.17, 15) is 9.59 Å². The number of anilines is 1. The maximum absolute atomic E-state index is 12.4. The van der Waals surface area contributed by atoms with E-state index in [1.807, 2.05) is 83.4 Å². The third kappa shape index (κ3) is 6.86. The average Bonchev–Trinajstić information content (AvgIpc) is 2.86. The summed E-state index contributed by atoms with van der Waals surface area (Å²) in [7, 11) is 0. The molecule has 0 radical (unpaired) electrons. The molecular weight excluding hydrogens is 432 g/mol. The minimum absolute atomic E-state index is 0.0704. The van der Waals surface area contributed by atoms with Gasteiger partial charge in [-0.2, -0.15) is 11.8 Å². The number of rotatable bonds is 8. The smallest absolute Gasteiger partial charge is 0.262 e.